The number of pyridine rings is 1. The number of aromatic nitrogens is 2. The molecule has 0 spiro atoms. The summed E-state index contributed by atoms with van der Waals surface area (Å²) in [5.74, 6) is -1.07. The summed E-state index contributed by atoms with van der Waals surface area (Å²) in [5, 5.41) is 8.36. The van der Waals surface area contributed by atoms with E-state index in [1.165, 1.54) is 6.20 Å². The number of hydrogen-bond acceptors (Lipinski definition) is 7. The van der Waals surface area contributed by atoms with E-state index >= 15 is 0 Å². The molecule has 0 bridgehead atoms. The van der Waals surface area contributed by atoms with Crippen LogP contribution in [0.4, 0.5) is 0 Å². The van der Waals surface area contributed by atoms with Gasteiger partial charge in [-0.2, -0.15) is 0 Å². The van der Waals surface area contributed by atoms with E-state index in [0.717, 1.165) is 14.2 Å². The minimum Gasteiger partial charge on any atom is -0.463 e. The first kappa shape index (κ1) is 17.6. The zero-order chi connectivity index (χ0) is 17.1. The molecule has 2 aromatic rings. The van der Waals surface area contributed by atoms with Gasteiger partial charge in [0.1, 0.15) is 5.65 Å². The van der Waals surface area contributed by atoms with Gasteiger partial charge in [-0.3, -0.25) is 4.57 Å². The Hall–Kier alpha value is -1.73. The molecule has 2 rings (SSSR count). The molecule has 0 aliphatic carbocycles. The SMILES string of the molecule is CCOC(=O)C(O)(Cc1cnc2ccccn12)P(=O)(OC)OC. The van der Waals surface area contributed by atoms with Crippen molar-refractivity contribution in [1.29, 1.82) is 0 Å². The zero-order valence-corrected chi connectivity index (χ0v) is 14.0. The maximum absolute atomic E-state index is 12.7. The third-order valence-electron chi connectivity index (χ3n) is 3.46. The number of hydrogen-bond donors (Lipinski definition) is 1. The number of aliphatic hydroxyl groups is 1. The highest BCUT2D eigenvalue weighted by Crippen LogP contribution is 2.59. The Morgan fingerprint density at radius 1 is 1.39 bits per heavy atom. The zero-order valence-electron chi connectivity index (χ0n) is 13.1. The van der Waals surface area contributed by atoms with Crippen LogP contribution in [0.25, 0.3) is 5.65 Å². The van der Waals surface area contributed by atoms with Gasteiger partial charge in [0.15, 0.2) is 0 Å². The van der Waals surface area contributed by atoms with Crippen LogP contribution in [0.2, 0.25) is 0 Å². The summed E-state index contributed by atoms with van der Waals surface area (Å²) in [6, 6.07) is 5.34. The predicted octanol–water partition coefficient (Wildman–Crippen LogP) is 1.61. The van der Waals surface area contributed by atoms with Crippen LogP contribution >= 0.6 is 7.60 Å². The standard InChI is InChI=1S/C14H19N2O6P/c1-4-22-13(17)14(18,23(19,20-2)21-3)9-11-10-15-12-7-5-6-8-16(11)12/h5-8,10,18H,4,9H2,1-3H3. The van der Waals surface area contributed by atoms with Crippen molar-refractivity contribution in [2.75, 3.05) is 20.8 Å². The lowest BCUT2D eigenvalue weighted by atomic mass is 10.2. The second-order valence-electron chi connectivity index (χ2n) is 4.75. The molecule has 2 heterocycles. The lowest BCUT2D eigenvalue weighted by Gasteiger charge is -2.30. The van der Waals surface area contributed by atoms with Crippen LogP contribution in [0, 0.1) is 0 Å². The lowest BCUT2D eigenvalue weighted by Crippen LogP contribution is -2.43. The van der Waals surface area contributed by atoms with Crippen LogP contribution in [0.1, 0.15) is 12.6 Å². The number of rotatable bonds is 7. The number of carbonyl (C=O) groups excluding carboxylic acids is 1. The monoisotopic (exact) mass is 342 g/mol. The first-order chi connectivity index (χ1) is 10.9. The Kier molecular flexibility index (Phi) is 5.21. The second kappa shape index (κ2) is 6.80. The van der Waals surface area contributed by atoms with Gasteiger partial charge in [0.05, 0.1) is 6.61 Å². The average Bonchev–Trinajstić information content (AvgIpc) is 2.97. The fraction of sp³-hybridized carbons (Fsp3) is 0.429. The third kappa shape index (κ3) is 3.03. The molecule has 126 valence electrons. The fourth-order valence-electron chi connectivity index (χ4n) is 2.27. The van der Waals surface area contributed by atoms with Crippen LogP contribution in [-0.4, -0.2) is 46.6 Å². The average molecular weight is 342 g/mol. The number of fused-ring (bicyclic) bond motifs is 1. The quantitative estimate of drug-likeness (QED) is 0.603. The van der Waals surface area contributed by atoms with Crippen LogP contribution in [0.5, 0.6) is 0 Å². The molecular weight excluding hydrogens is 323 g/mol. The highest BCUT2D eigenvalue weighted by Gasteiger charge is 2.57. The predicted molar refractivity (Wildman–Crippen MR) is 82.1 cm³/mol. The third-order valence-corrected chi connectivity index (χ3v) is 5.67. The van der Waals surface area contributed by atoms with Gasteiger partial charge in [0, 0.05) is 38.7 Å². The van der Waals surface area contributed by atoms with Crippen molar-refractivity contribution in [3.05, 3.63) is 36.3 Å². The smallest absolute Gasteiger partial charge is 0.373 e. The molecular formula is C14H19N2O6P. The second-order valence-corrected chi connectivity index (χ2v) is 7.22. The van der Waals surface area contributed by atoms with E-state index in [1.54, 1.807) is 35.7 Å². The van der Waals surface area contributed by atoms with Gasteiger partial charge in [-0.25, -0.2) is 9.78 Å². The Labute approximate surface area is 133 Å². The van der Waals surface area contributed by atoms with E-state index in [-0.39, 0.29) is 13.0 Å². The van der Waals surface area contributed by atoms with Crippen molar-refractivity contribution < 1.29 is 28.3 Å². The number of imidazole rings is 1. The van der Waals surface area contributed by atoms with Crippen LogP contribution in [0.3, 0.4) is 0 Å². The molecule has 0 aliphatic rings. The van der Waals surface area contributed by atoms with E-state index in [1.807, 2.05) is 0 Å². The Morgan fingerprint density at radius 3 is 2.70 bits per heavy atom. The number of carbonyl (C=O) groups is 1. The van der Waals surface area contributed by atoms with E-state index in [4.69, 9.17) is 13.8 Å². The van der Waals surface area contributed by atoms with Crippen molar-refractivity contribution in [1.82, 2.24) is 9.38 Å². The Morgan fingerprint density at radius 2 is 2.09 bits per heavy atom. The molecule has 0 radical (unpaired) electrons. The van der Waals surface area contributed by atoms with Crippen molar-refractivity contribution >= 4 is 19.2 Å². The summed E-state index contributed by atoms with van der Waals surface area (Å²) < 4.78 is 28.9. The van der Waals surface area contributed by atoms with Gasteiger partial charge >= 0.3 is 13.6 Å². The topological polar surface area (TPSA) is 99.4 Å². The van der Waals surface area contributed by atoms with Crippen LogP contribution < -0.4 is 0 Å². The van der Waals surface area contributed by atoms with Crippen molar-refractivity contribution in [3.63, 3.8) is 0 Å². The normalized spacial score (nSPS) is 14.6. The minimum atomic E-state index is -4.17. The summed E-state index contributed by atoms with van der Waals surface area (Å²) in [6.45, 7) is 1.60. The largest absolute Gasteiger partial charge is 0.463 e. The van der Waals surface area contributed by atoms with Crippen molar-refractivity contribution in [3.8, 4) is 0 Å². The summed E-state index contributed by atoms with van der Waals surface area (Å²) >= 11 is 0. The molecule has 0 aliphatic heterocycles. The maximum atomic E-state index is 12.7. The first-order valence-corrected chi connectivity index (χ1v) is 8.48. The van der Waals surface area contributed by atoms with Crippen LogP contribution in [-0.2, 0) is 29.6 Å². The van der Waals surface area contributed by atoms with Crippen molar-refractivity contribution in [2.45, 2.75) is 18.7 Å². The molecule has 23 heavy (non-hydrogen) atoms. The summed E-state index contributed by atoms with van der Waals surface area (Å²) in [6.07, 6.45) is 2.86. The fourth-order valence-corrected chi connectivity index (χ4v) is 3.67. The summed E-state index contributed by atoms with van der Waals surface area (Å²) in [4.78, 5) is 16.4. The molecule has 8 nitrogen and oxygen atoms in total. The lowest BCUT2D eigenvalue weighted by molar-refractivity contribution is -0.158. The van der Waals surface area contributed by atoms with E-state index in [0.29, 0.717) is 11.3 Å². The molecule has 1 unspecified atom stereocenters. The Balaban J connectivity index is 2.50. The summed E-state index contributed by atoms with van der Waals surface area (Å²) in [5.41, 5.74) is 1.09. The Bertz CT molecular complexity index is 738. The highest BCUT2D eigenvalue weighted by atomic mass is 31.2. The molecule has 0 saturated carbocycles. The summed E-state index contributed by atoms with van der Waals surface area (Å²) in [7, 11) is -1.97. The van der Waals surface area contributed by atoms with Gasteiger partial charge in [0.2, 0.25) is 0 Å². The number of esters is 1. The molecule has 0 aromatic carbocycles. The molecule has 1 N–H and O–H groups in total. The molecule has 9 heteroatoms. The highest BCUT2D eigenvalue weighted by molar-refractivity contribution is 7.56. The van der Waals surface area contributed by atoms with Gasteiger partial charge in [0.25, 0.3) is 5.34 Å². The molecule has 0 fully saturated rings. The molecule has 2 aromatic heterocycles. The molecule has 0 amide bonds. The number of nitrogens with zero attached hydrogens (tertiary/aromatic N) is 2. The first-order valence-electron chi connectivity index (χ1n) is 6.94. The molecule has 1 atom stereocenters. The molecule has 0 saturated heterocycles. The number of ether oxygens (including phenoxy) is 1. The van der Waals surface area contributed by atoms with Crippen LogP contribution in [0.15, 0.2) is 30.6 Å². The maximum Gasteiger partial charge on any atom is 0.373 e. The minimum absolute atomic E-state index is 0.0156. The van der Waals surface area contributed by atoms with E-state index in [2.05, 4.69) is 4.98 Å². The van der Waals surface area contributed by atoms with Gasteiger partial charge in [-0.15, -0.1) is 0 Å². The van der Waals surface area contributed by atoms with Gasteiger partial charge < -0.3 is 23.3 Å². The van der Waals surface area contributed by atoms with Gasteiger partial charge in [-0.1, -0.05) is 6.07 Å². The van der Waals surface area contributed by atoms with E-state index < -0.39 is 18.9 Å². The van der Waals surface area contributed by atoms with E-state index in [9.17, 15) is 14.5 Å². The van der Waals surface area contributed by atoms with Gasteiger partial charge in [-0.05, 0) is 19.1 Å². The van der Waals surface area contributed by atoms with Crippen molar-refractivity contribution in [2.24, 2.45) is 0 Å².